The van der Waals surface area contributed by atoms with Crippen LogP contribution in [0, 0.1) is 13.8 Å². The third-order valence-corrected chi connectivity index (χ3v) is 4.12. The van der Waals surface area contributed by atoms with E-state index in [0.29, 0.717) is 0 Å². The number of rotatable bonds is 5. The molecule has 4 heteroatoms. The van der Waals surface area contributed by atoms with Gasteiger partial charge in [-0.1, -0.05) is 41.1 Å². The lowest BCUT2D eigenvalue weighted by atomic mass is 10.1. The Bertz CT molecular complexity index is 683. The van der Waals surface area contributed by atoms with E-state index in [2.05, 4.69) is 52.5 Å². The van der Waals surface area contributed by atoms with Gasteiger partial charge < -0.3 is 10.6 Å². The van der Waals surface area contributed by atoms with Gasteiger partial charge in [-0.2, -0.15) is 0 Å². The number of nitrogens with one attached hydrogen (secondary N) is 2. The minimum Gasteiger partial charge on any atom is -0.376 e. The average molecular weight is 361 g/mol. The number of aryl methyl sites for hydroxylation is 3. The van der Waals surface area contributed by atoms with Crippen LogP contribution in [0.1, 0.15) is 23.6 Å². The van der Waals surface area contributed by atoms with Crippen LogP contribution in [0.2, 0.25) is 0 Å². The molecule has 116 valence electrons. The maximum absolute atomic E-state index is 12.1. The Morgan fingerprint density at radius 3 is 2.59 bits per heavy atom. The zero-order chi connectivity index (χ0) is 16.1. The molecule has 2 aromatic rings. The lowest BCUT2D eigenvalue weighted by Gasteiger charge is -2.14. The molecule has 0 aliphatic carbocycles. The van der Waals surface area contributed by atoms with Gasteiger partial charge in [0.15, 0.2) is 0 Å². The molecule has 0 spiro atoms. The summed E-state index contributed by atoms with van der Waals surface area (Å²) in [7, 11) is 0. The molecule has 0 bridgehead atoms. The Hall–Kier alpha value is -1.81. The van der Waals surface area contributed by atoms with Crippen molar-refractivity contribution in [1.82, 2.24) is 0 Å². The molecule has 0 atom stereocenters. The smallest absolute Gasteiger partial charge is 0.243 e. The number of anilines is 2. The van der Waals surface area contributed by atoms with Gasteiger partial charge in [0.25, 0.3) is 0 Å². The Morgan fingerprint density at radius 2 is 1.91 bits per heavy atom. The lowest BCUT2D eigenvalue weighted by molar-refractivity contribution is -0.114. The first kappa shape index (κ1) is 16.6. The van der Waals surface area contributed by atoms with Gasteiger partial charge in [-0.05, 0) is 55.2 Å². The average Bonchev–Trinajstić information content (AvgIpc) is 2.48. The number of benzene rings is 2. The van der Waals surface area contributed by atoms with E-state index < -0.39 is 0 Å². The van der Waals surface area contributed by atoms with Crippen molar-refractivity contribution in [3.05, 3.63) is 57.6 Å². The quantitative estimate of drug-likeness (QED) is 0.812. The summed E-state index contributed by atoms with van der Waals surface area (Å²) in [4.78, 5) is 12.1. The molecule has 0 saturated carbocycles. The molecule has 0 fully saturated rings. The van der Waals surface area contributed by atoms with Gasteiger partial charge in [0.2, 0.25) is 5.91 Å². The zero-order valence-electron chi connectivity index (χ0n) is 13.2. The highest BCUT2D eigenvalue weighted by Gasteiger charge is 2.08. The van der Waals surface area contributed by atoms with Crippen LogP contribution < -0.4 is 10.6 Å². The van der Waals surface area contributed by atoms with Crippen molar-refractivity contribution in [2.75, 3.05) is 17.2 Å². The largest absolute Gasteiger partial charge is 0.376 e. The molecular formula is C18H21BrN2O. The second-order valence-corrected chi connectivity index (χ2v) is 6.24. The molecule has 1 amide bonds. The van der Waals surface area contributed by atoms with Gasteiger partial charge in [0, 0.05) is 15.8 Å². The van der Waals surface area contributed by atoms with Gasteiger partial charge in [-0.15, -0.1) is 0 Å². The number of hydrogen-bond acceptors (Lipinski definition) is 2. The van der Waals surface area contributed by atoms with Crippen LogP contribution in [-0.4, -0.2) is 12.5 Å². The maximum Gasteiger partial charge on any atom is 0.243 e. The number of carbonyl (C=O) groups is 1. The molecule has 3 nitrogen and oxygen atoms in total. The molecule has 22 heavy (non-hydrogen) atoms. The standard InChI is InChI=1S/C18H21BrN2O/c1-4-14-7-5-6-12(2)18(14)20-11-17(22)21-16-9-8-15(19)10-13(16)3/h5-10,20H,4,11H2,1-3H3,(H,21,22). The first-order valence-electron chi connectivity index (χ1n) is 7.39. The first-order valence-corrected chi connectivity index (χ1v) is 8.19. The molecule has 0 aliphatic rings. The predicted octanol–water partition coefficient (Wildman–Crippen LogP) is 4.68. The fraction of sp³-hybridized carbons (Fsp3) is 0.278. The Kier molecular flexibility index (Phi) is 5.61. The van der Waals surface area contributed by atoms with Crippen molar-refractivity contribution >= 4 is 33.2 Å². The highest BCUT2D eigenvalue weighted by Crippen LogP contribution is 2.22. The highest BCUT2D eigenvalue weighted by molar-refractivity contribution is 9.10. The maximum atomic E-state index is 12.1. The van der Waals surface area contributed by atoms with Crippen LogP contribution in [-0.2, 0) is 11.2 Å². The molecule has 0 aromatic heterocycles. The molecule has 0 unspecified atom stereocenters. The van der Waals surface area contributed by atoms with E-state index in [-0.39, 0.29) is 12.5 Å². The SMILES string of the molecule is CCc1cccc(C)c1NCC(=O)Nc1ccc(Br)cc1C. The van der Waals surface area contributed by atoms with Gasteiger partial charge in [-0.3, -0.25) is 4.79 Å². The molecule has 2 N–H and O–H groups in total. The molecule has 0 saturated heterocycles. The van der Waals surface area contributed by atoms with Crippen molar-refractivity contribution < 1.29 is 4.79 Å². The Morgan fingerprint density at radius 1 is 1.14 bits per heavy atom. The van der Waals surface area contributed by atoms with Crippen LogP contribution in [0.15, 0.2) is 40.9 Å². The third-order valence-electron chi connectivity index (χ3n) is 3.63. The normalized spacial score (nSPS) is 10.4. The minimum atomic E-state index is -0.0456. The minimum absolute atomic E-state index is 0.0456. The van der Waals surface area contributed by atoms with Gasteiger partial charge in [0.1, 0.15) is 0 Å². The first-order chi connectivity index (χ1) is 10.5. The van der Waals surface area contributed by atoms with Gasteiger partial charge in [-0.25, -0.2) is 0 Å². The zero-order valence-corrected chi connectivity index (χ0v) is 14.8. The van der Waals surface area contributed by atoms with E-state index in [1.807, 2.05) is 31.2 Å². The summed E-state index contributed by atoms with van der Waals surface area (Å²) in [6.07, 6.45) is 0.942. The Labute approximate surface area is 140 Å². The summed E-state index contributed by atoms with van der Waals surface area (Å²) >= 11 is 3.42. The summed E-state index contributed by atoms with van der Waals surface area (Å²) in [5, 5.41) is 6.20. The summed E-state index contributed by atoms with van der Waals surface area (Å²) in [6.45, 7) is 6.40. The van der Waals surface area contributed by atoms with Crippen molar-refractivity contribution in [1.29, 1.82) is 0 Å². The summed E-state index contributed by atoms with van der Waals surface area (Å²) in [5.74, 6) is -0.0456. The number of para-hydroxylation sites is 1. The number of halogens is 1. The monoisotopic (exact) mass is 360 g/mol. The van der Waals surface area contributed by atoms with Crippen LogP contribution in [0.5, 0.6) is 0 Å². The van der Waals surface area contributed by atoms with E-state index in [9.17, 15) is 4.79 Å². The summed E-state index contributed by atoms with van der Waals surface area (Å²) in [6, 6.07) is 12.0. The van der Waals surface area contributed by atoms with Crippen LogP contribution in [0.25, 0.3) is 0 Å². The van der Waals surface area contributed by atoms with E-state index in [4.69, 9.17) is 0 Å². The molecule has 2 rings (SSSR count). The second-order valence-electron chi connectivity index (χ2n) is 5.32. The van der Waals surface area contributed by atoms with Crippen LogP contribution in [0.4, 0.5) is 11.4 Å². The van der Waals surface area contributed by atoms with Crippen molar-refractivity contribution in [3.63, 3.8) is 0 Å². The van der Waals surface area contributed by atoms with Gasteiger partial charge in [0.05, 0.1) is 6.54 Å². The third kappa shape index (κ3) is 4.10. The fourth-order valence-corrected chi connectivity index (χ4v) is 2.88. The molecule has 0 heterocycles. The van der Waals surface area contributed by atoms with E-state index in [1.165, 1.54) is 5.56 Å². The van der Waals surface area contributed by atoms with Crippen molar-refractivity contribution in [3.8, 4) is 0 Å². The van der Waals surface area contributed by atoms with E-state index in [0.717, 1.165) is 33.4 Å². The highest BCUT2D eigenvalue weighted by atomic mass is 79.9. The molecule has 2 aromatic carbocycles. The van der Waals surface area contributed by atoms with Crippen molar-refractivity contribution in [2.45, 2.75) is 27.2 Å². The number of amides is 1. The number of carbonyl (C=O) groups excluding carboxylic acids is 1. The molecule has 0 aliphatic heterocycles. The number of hydrogen-bond donors (Lipinski definition) is 2. The molecule has 0 radical (unpaired) electrons. The summed E-state index contributed by atoms with van der Waals surface area (Å²) in [5.41, 5.74) is 5.33. The molecular weight excluding hydrogens is 340 g/mol. The lowest BCUT2D eigenvalue weighted by Crippen LogP contribution is -2.23. The summed E-state index contributed by atoms with van der Waals surface area (Å²) < 4.78 is 1.01. The van der Waals surface area contributed by atoms with Crippen molar-refractivity contribution in [2.24, 2.45) is 0 Å². The van der Waals surface area contributed by atoms with Crippen LogP contribution >= 0.6 is 15.9 Å². The van der Waals surface area contributed by atoms with Gasteiger partial charge >= 0.3 is 0 Å². The van der Waals surface area contributed by atoms with E-state index in [1.54, 1.807) is 0 Å². The van der Waals surface area contributed by atoms with E-state index >= 15 is 0 Å². The topological polar surface area (TPSA) is 41.1 Å². The Balaban J connectivity index is 2.02. The second kappa shape index (κ2) is 7.45. The van der Waals surface area contributed by atoms with Crippen LogP contribution in [0.3, 0.4) is 0 Å². The predicted molar refractivity (Wildman–Crippen MR) is 96.6 cm³/mol. The fourth-order valence-electron chi connectivity index (χ4n) is 2.41.